The molecule has 0 fully saturated rings. The summed E-state index contributed by atoms with van der Waals surface area (Å²) in [5.74, 6) is 1.34. The smallest absolute Gasteiger partial charge is 0.332 e. The Morgan fingerprint density at radius 1 is 0.914 bits per heavy atom. The highest BCUT2D eigenvalue weighted by Gasteiger charge is 2.19. The fraction of sp³-hybridized carbons (Fsp3) is 0.269. The standard InChI is InChI=1S/C26H26N6O3/c1-30-24-23(25(33)31(2)26(30)34)32(17-27-24)15-9-14-21-28-22(35-29-21)16-20(18-10-5-3-6-11-18)19-12-7-4-8-13-19/h3-8,10-13,17,20H,9,14-16H2,1-2H3. The topological polar surface area (TPSA) is 101 Å². The van der Waals surface area contributed by atoms with Crippen LogP contribution in [0.4, 0.5) is 0 Å². The van der Waals surface area contributed by atoms with Crippen LogP contribution in [0.25, 0.3) is 11.2 Å². The van der Waals surface area contributed by atoms with Crippen molar-refractivity contribution >= 4 is 11.2 Å². The van der Waals surface area contributed by atoms with Crippen LogP contribution in [0.3, 0.4) is 0 Å². The van der Waals surface area contributed by atoms with Crippen LogP contribution in [0.15, 0.2) is 81.1 Å². The SMILES string of the molecule is Cn1c(=O)c2c(ncn2CCCc2noc(CC(c3ccccc3)c3ccccc3)n2)n(C)c1=O. The summed E-state index contributed by atoms with van der Waals surface area (Å²) in [7, 11) is 3.08. The molecule has 5 aromatic rings. The second-order valence-corrected chi connectivity index (χ2v) is 8.60. The predicted molar refractivity (Wildman–Crippen MR) is 131 cm³/mol. The van der Waals surface area contributed by atoms with Crippen LogP contribution in [-0.4, -0.2) is 28.8 Å². The quantitative estimate of drug-likeness (QED) is 0.346. The van der Waals surface area contributed by atoms with Gasteiger partial charge < -0.3 is 9.09 Å². The zero-order valence-corrected chi connectivity index (χ0v) is 19.7. The van der Waals surface area contributed by atoms with Crippen molar-refractivity contribution in [3.8, 4) is 0 Å². The first-order valence-corrected chi connectivity index (χ1v) is 11.5. The number of nitrogens with zero attached hydrogens (tertiary/aromatic N) is 6. The van der Waals surface area contributed by atoms with Crippen molar-refractivity contribution in [2.24, 2.45) is 14.1 Å². The monoisotopic (exact) mass is 470 g/mol. The average Bonchev–Trinajstić information content (AvgIpc) is 3.53. The molecule has 0 N–H and O–H groups in total. The summed E-state index contributed by atoms with van der Waals surface area (Å²) < 4.78 is 9.85. The third-order valence-corrected chi connectivity index (χ3v) is 6.31. The summed E-state index contributed by atoms with van der Waals surface area (Å²) in [6, 6.07) is 20.6. The van der Waals surface area contributed by atoms with Crippen molar-refractivity contribution < 1.29 is 4.52 Å². The van der Waals surface area contributed by atoms with E-state index >= 15 is 0 Å². The molecule has 2 aromatic carbocycles. The molecule has 0 bridgehead atoms. The minimum absolute atomic E-state index is 0.117. The van der Waals surface area contributed by atoms with Gasteiger partial charge in [0.05, 0.1) is 6.33 Å². The second-order valence-electron chi connectivity index (χ2n) is 8.60. The van der Waals surface area contributed by atoms with Gasteiger partial charge in [0.1, 0.15) is 0 Å². The Morgan fingerprint density at radius 3 is 2.23 bits per heavy atom. The average molecular weight is 471 g/mol. The maximum absolute atomic E-state index is 12.6. The van der Waals surface area contributed by atoms with Gasteiger partial charge in [0.25, 0.3) is 5.56 Å². The summed E-state index contributed by atoms with van der Waals surface area (Å²) in [4.78, 5) is 33.6. The van der Waals surface area contributed by atoms with Crippen LogP contribution in [0.1, 0.15) is 35.2 Å². The van der Waals surface area contributed by atoms with Gasteiger partial charge >= 0.3 is 5.69 Å². The third-order valence-electron chi connectivity index (χ3n) is 6.31. The Bertz CT molecular complexity index is 1520. The predicted octanol–water partition coefficient (Wildman–Crippen LogP) is 2.82. The molecule has 0 saturated heterocycles. The summed E-state index contributed by atoms with van der Waals surface area (Å²) in [5, 5.41) is 4.17. The van der Waals surface area contributed by atoms with Gasteiger partial charge in [-0.2, -0.15) is 4.98 Å². The number of aryl methyl sites for hydroxylation is 3. The Morgan fingerprint density at radius 2 is 1.57 bits per heavy atom. The molecule has 0 aliphatic heterocycles. The van der Waals surface area contributed by atoms with Crippen molar-refractivity contribution in [2.75, 3.05) is 0 Å². The lowest BCUT2D eigenvalue weighted by atomic mass is 9.88. The van der Waals surface area contributed by atoms with Gasteiger partial charge in [-0.1, -0.05) is 65.8 Å². The summed E-state index contributed by atoms with van der Waals surface area (Å²) >= 11 is 0. The molecule has 5 rings (SSSR count). The molecule has 9 nitrogen and oxygen atoms in total. The van der Waals surface area contributed by atoms with E-state index < -0.39 is 5.69 Å². The molecule has 3 aromatic heterocycles. The van der Waals surface area contributed by atoms with E-state index in [1.807, 2.05) is 36.4 Å². The van der Waals surface area contributed by atoms with Crippen LogP contribution in [-0.2, 0) is 33.5 Å². The number of fused-ring (bicyclic) bond motifs is 1. The van der Waals surface area contributed by atoms with Crippen molar-refractivity contribution in [2.45, 2.75) is 31.7 Å². The molecule has 0 atom stereocenters. The molecular formula is C26H26N6O3. The molecule has 3 heterocycles. The van der Waals surface area contributed by atoms with Crippen molar-refractivity contribution in [3.05, 3.63) is 111 Å². The zero-order chi connectivity index (χ0) is 24.4. The fourth-order valence-electron chi connectivity index (χ4n) is 4.42. The van der Waals surface area contributed by atoms with E-state index in [0.717, 1.165) is 4.57 Å². The molecule has 0 saturated carbocycles. The van der Waals surface area contributed by atoms with Crippen molar-refractivity contribution in [1.82, 2.24) is 28.8 Å². The number of hydrogen-bond donors (Lipinski definition) is 0. The molecule has 0 radical (unpaired) electrons. The van der Waals surface area contributed by atoms with Crippen LogP contribution < -0.4 is 11.2 Å². The molecule has 35 heavy (non-hydrogen) atoms. The molecule has 178 valence electrons. The first-order valence-electron chi connectivity index (χ1n) is 11.5. The minimum Gasteiger partial charge on any atom is -0.339 e. The molecule has 0 unspecified atom stereocenters. The van der Waals surface area contributed by atoms with E-state index in [1.54, 1.807) is 17.9 Å². The first kappa shape index (κ1) is 22.5. The van der Waals surface area contributed by atoms with Gasteiger partial charge in [-0.15, -0.1) is 0 Å². The number of benzene rings is 2. The Hall–Kier alpha value is -4.27. The second kappa shape index (κ2) is 9.54. The molecule has 0 spiro atoms. The molecule has 0 aliphatic carbocycles. The Balaban J connectivity index is 1.29. The maximum Gasteiger partial charge on any atom is 0.332 e. The van der Waals surface area contributed by atoms with E-state index in [2.05, 4.69) is 39.4 Å². The number of imidazole rings is 1. The van der Waals surface area contributed by atoms with Crippen LogP contribution in [0.5, 0.6) is 0 Å². The van der Waals surface area contributed by atoms with Crippen molar-refractivity contribution in [3.63, 3.8) is 0 Å². The third kappa shape index (κ3) is 4.44. The van der Waals surface area contributed by atoms with Crippen LogP contribution in [0.2, 0.25) is 0 Å². The first-order chi connectivity index (χ1) is 17.0. The lowest BCUT2D eigenvalue weighted by molar-refractivity contribution is 0.368. The lowest BCUT2D eigenvalue weighted by Gasteiger charge is -2.16. The highest BCUT2D eigenvalue weighted by atomic mass is 16.5. The van der Waals surface area contributed by atoms with Gasteiger partial charge in [-0.05, 0) is 17.5 Å². The Labute approximate surface area is 201 Å². The Kier molecular flexibility index (Phi) is 6.13. The number of aromatic nitrogens is 6. The highest BCUT2D eigenvalue weighted by molar-refractivity contribution is 5.69. The van der Waals surface area contributed by atoms with E-state index in [1.165, 1.54) is 22.7 Å². The van der Waals surface area contributed by atoms with Gasteiger partial charge in [-0.3, -0.25) is 13.9 Å². The maximum atomic E-state index is 12.6. The van der Waals surface area contributed by atoms with E-state index in [9.17, 15) is 9.59 Å². The fourth-order valence-corrected chi connectivity index (χ4v) is 4.42. The highest BCUT2D eigenvalue weighted by Crippen LogP contribution is 2.28. The number of rotatable bonds is 8. The normalized spacial score (nSPS) is 11.5. The van der Waals surface area contributed by atoms with E-state index in [-0.39, 0.29) is 11.5 Å². The van der Waals surface area contributed by atoms with Gasteiger partial charge in [0.2, 0.25) is 5.89 Å². The minimum atomic E-state index is -0.392. The summed E-state index contributed by atoms with van der Waals surface area (Å²) in [5.41, 5.74) is 2.44. The van der Waals surface area contributed by atoms with Crippen LogP contribution in [0, 0.1) is 0 Å². The lowest BCUT2D eigenvalue weighted by Crippen LogP contribution is -2.37. The molecule has 0 amide bonds. The van der Waals surface area contributed by atoms with Gasteiger partial charge in [0, 0.05) is 39.4 Å². The summed E-state index contributed by atoms with van der Waals surface area (Å²) in [6.45, 7) is 0.546. The van der Waals surface area contributed by atoms with Gasteiger partial charge in [-0.25, -0.2) is 9.78 Å². The zero-order valence-electron chi connectivity index (χ0n) is 19.7. The number of hydrogen-bond acceptors (Lipinski definition) is 6. The largest absolute Gasteiger partial charge is 0.339 e. The van der Waals surface area contributed by atoms with Crippen LogP contribution >= 0.6 is 0 Å². The van der Waals surface area contributed by atoms with Gasteiger partial charge in [0.15, 0.2) is 17.0 Å². The van der Waals surface area contributed by atoms with E-state index in [0.29, 0.717) is 48.7 Å². The summed E-state index contributed by atoms with van der Waals surface area (Å²) in [6.07, 6.45) is 3.49. The van der Waals surface area contributed by atoms with E-state index in [4.69, 9.17) is 4.52 Å². The molecular weight excluding hydrogens is 444 g/mol. The molecule has 0 aliphatic rings. The molecule has 9 heteroatoms. The van der Waals surface area contributed by atoms with Crippen molar-refractivity contribution in [1.29, 1.82) is 0 Å².